The molecule has 0 radical (unpaired) electrons. The number of aryl methyl sites for hydroxylation is 2. The molecule has 0 aliphatic heterocycles. The zero-order valence-electron chi connectivity index (χ0n) is 23.0. The molecule has 0 heterocycles. The van der Waals surface area contributed by atoms with Crippen molar-refractivity contribution < 1.29 is 22.4 Å². The molecule has 9 heteroatoms. The predicted molar refractivity (Wildman–Crippen MR) is 151 cm³/mol. The highest BCUT2D eigenvalue weighted by atomic mass is 32.2. The summed E-state index contributed by atoms with van der Waals surface area (Å²) < 4.78 is 42.4. The van der Waals surface area contributed by atoms with Crippen LogP contribution in [-0.2, 0) is 26.2 Å². The second kappa shape index (κ2) is 12.9. The predicted octanol–water partition coefficient (Wildman–Crippen LogP) is 4.83. The fraction of sp³-hybridized carbons (Fsp3) is 0.333. The smallest absolute Gasteiger partial charge is 0.264 e. The van der Waals surface area contributed by atoms with Crippen molar-refractivity contribution in [3.05, 3.63) is 95.3 Å². The average Bonchev–Trinajstić information content (AvgIpc) is 2.91. The van der Waals surface area contributed by atoms with Gasteiger partial charge in [0.25, 0.3) is 10.0 Å². The first-order valence-electron chi connectivity index (χ1n) is 12.9. The van der Waals surface area contributed by atoms with E-state index in [-0.39, 0.29) is 23.3 Å². The Morgan fingerprint density at radius 3 is 2.18 bits per heavy atom. The lowest BCUT2D eigenvalue weighted by Crippen LogP contribution is -2.51. The second-order valence-corrected chi connectivity index (χ2v) is 11.9. The molecule has 7 nitrogen and oxygen atoms in total. The standard InChI is InChI=1S/C30H36FN3O4S/c1-21(2)18-32-30(36)24(5)33(19-25-13-15-26(31)16-14-25)29(35)20-34(28-17-22(3)11-12-23(28)4)39(37,38)27-9-7-6-8-10-27/h6-17,21,24H,18-20H2,1-5H3,(H,32,36)/t24-/m0/s1. The molecule has 39 heavy (non-hydrogen) atoms. The maximum atomic E-state index is 13.9. The maximum absolute atomic E-state index is 13.9. The number of rotatable bonds is 11. The Labute approximate surface area is 230 Å². The van der Waals surface area contributed by atoms with Gasteiger partial charge in [-0.1, -0.05) is 56.3 Å². The van der Waals surface area contributed by atoms with Crippen molar-refractivity contribution in [3.63, 3.8) is 0 Å². The molecular weight excluding hydrogens is 517 g/mol. The van der Waals surface area contributed by atoms with Crippen LogP contribution in [0, 0.1) is 25.6 Å². The number of hydrogen-bond acceptors (Lipinski definition) is 4. The Morgan fingerprint density at radius 2 is 1.56 bits per heavy atom. The first-order chi connectivity index (χ1) is 18.4. The Kier molecular flexibility index (Phi) is 9.86. The zero-order chi connectivity index (χ0) is 28.7. The first kappa shape index (κ1) is 29.8. The molecule has 1 N–H and O–H groups in total. The third kappa shape index (κ3) is 7.66. The van der Waals surface area contributed by atoms with Crippen molar-refractivity contribution in [2.45, 2.75) is 52.1 Å². The van der Waals surface area contributed by atoms with Gasteiger partial charge in [0.15, 0.2) is 0 Å². The van der Waals surface area contributed by atoms with Crippen LogP contribution in [0.2, 0.25) is 0 Å². The highest BCUT2D eigenvalue weighted by Gasteiger charge is 2.33. The molecule has 3 aromatic rings. The van der Waals surface area contributed by atoms with Gasteiger partial charge in [-0.25, -0.2) is 12.8 Å². The summed E-state index contributed by atoms with van der Waals surface area (Å²) >= 11 is 0. The van der Waals surface area contributed by atoms with Crippen LogP contribution in [0.25, 0.3) is 0 Å². The van der Waals surface area contributed by atoms with E-state index in [1.165, 1.54) is 41.3 Å². The third-order valence-electron chi connectivity index (χ3n) is 6.36. The summed E-state index contributed by atoms with van der Waals surface area (Å²) in [5, 5.41) is 2.85. The van der Waals surface area contributed by atoms with Gasteiger partial charge in [0, 0.05) is 13.1 Å². The number of nitrogens with zero attached hydrogens (tertiary/aromatic N) is 2. The molecule has 0 aromatic heterocycles. The number of benzene rings is 3. The summed E-state index contributed by atoms with van der Waals surface area (Å²) in [6.07, 6.45) is 0. The molecule has 2 amide bonds. The van der Waals surface area contributed by atoms with Crippen molar-refractivity contribution in [2.75, 3.05) is 17.4 Å². The quantitative estimate of drug-likeness (QED) is 0.369. The van der Waals surface area contributed by atoms with Gasteiger partial charge in [-0.05, 0) is 73.7 Å². The van der Waals surface area contributed by atoms with Gasteiger partial charge in [0.1, 0.15) is 18.4 Å². The van der Waals surface area contributed by atoms with Crippen LogP contribution < -0.4 is 9.62 Å². The fourth-order valence-electron chi connectivity index (χ4n) is 4.04. The average molecular weight is 554 g/mol. The molecule has 3 aromatic carbocycles. The molecule has 0 saturated carbocycles. The van der Waals surface area contributed by atoms with Gasteiger partial charge >= 0.3 is 0 Å². The molecule has 1 atom stereocenters. The van der Waals surface area contributed by atoms with Gasteiger partial charge in [-0.15, -0.1) is 0 Å². The molecule has 0 aliphatic carbocycles. The van der Waals surface area contributed by atoms with Gasteiger partial charge in [0.2, 0.25) is 11.8 Å². The Morgan fingerprint density at radius 1 is 0.923 bits per heavy atom. The monoisotopic (exact) mass is 553 g/mol. The normalized spacial score (nSPS) is 12.2. The van der Waals surface area contributed by atoms with Crippen LogP contribution in [0.3, 0.4) is 0 Å². The lowest BCUT2D eigenvalue weighted by atomic mass is 10.1. The van der Waals surface area contributed by atoms with Crippen LogP contribution in [0.5, 0.6) is 0 Å². The van der Waals surface area contributed by atoms with E-state index in [1.54, 1.807) is 44.2 Å². The lowest BCUT2D eigenvalue weighted by molar-refractivity contribution is -0.139. The summed E-state index contributed by atoms with van der Waals surface area (Å²) in [5.41, 5.74) is 2.50. The largest absolute Gasteiger partial charge is 0.354 e. The summed E-state index contributed by atoms with van der Waals surface area (Å²) in [4.78, 5) is 28.3. The maximum Gasteiger partial charge on any atom is 0.264 e. The van der Waals surface area contributed by atoms with Crippen molar-refractivity contribution >= 4 is 27.5 Å². The van der Waals surface area contributed by atoms with Crippen LogP contribution in [-0.4, -0.2) is 44.3 Å². The first-order valence-corrected chi connectivity index (χ1v) is 14.3. The van der Waals surface area contributed by atoms with Crippen molar-refractivity contribution in [2.24, 2.45) is 5.92 Å². The number of hydrogen-bond donors (Lipinski definition) is 1. The Hall–Kier alpha value is -3.72. The Bertz CT molecular complexity index is 1390. The molecule has 3 rings (SSSR count). The molecule has 0 fully saturated rings. The van der Waals surface area contributed by atoms with Crippen LogP contribution in [0.15, 0.2) is 77.7 Å². The number of nitrogens with one attached hydrogen (secondary N) is 1. The summed E-state index contributed by atoms with van der Waals surface area (Å²) in [6.45, 7) is 9.06. The number of amides is 2. The number of carbonyl (C=O) groups excluding carboxylic acids is 2. The molecule has 208 valence electrons. The minimum Gasteiger partial charge on any atom is -0.354 e. The van der Waals surface area contributed by atoms with Crippen molar-refractivity contribution in [1.29, 1.82) is 0 Å². The third-order valence-corrected chi connectivity index (χ3v) is 8.14. The van der Waals surface area contributed by atoms with E-state index in [2.05, 4.69) is 5.32 Å². The van der Waals surface area contributed by atoms with E-state index < -0.39 is 34.3 Å². The second-order valence-electron chi connectivity index (χ2n) is 10.1. The van der Waals surface area contributed by atoms with Crippen molar-refractivity contribution in [3.8, 4) is 0 Å². The lowest BCUT2D eigenvalue weighted by Gasteiger charge is -2.32. The highest BCUT2D eigenvalue weighted by Crippen LogP contribution is 2.28. The fourth-order valence-corrected chi connectivity index (χ4v) is 5.53. The molecule has 0 spiro atoms. The van der Waals surface area contributed by atoms with Gasteiger partial charge in [-0.2, -0.15) is 0 Å². The highest BCUT2D eigenvalue weighted by molar-refractivity contribution is 7.92. The molecular formula is C30H36FN3O4S. The van der Waals surface area contributed by atoms with Gasteiger partial charge in [0.05, 0.1) is 10.6 Å². The van der Waals surface area contributed by atoms with E-state index in [0.717, 1.165) is 9.87 Å². The number of anilines is 1. The van der Waals surface area contributed by atoms with E-state index >= 15 is 0 Å². The molecule has 0 saturated heterocycles. The summed E-state index contributed by atoms with van der Waals surface area (Å²) in [7, 11) is -4.13. The van der Waals surface area contributed by atoms with Gasteiger partial charge in [-0.3, -0.25) is 13.9 Å². The van der Waals surface area contributed by atoms with Gasteiger partial charge < -0.3 is 10.2 Å². The van der Waals surface area contributed by atoms with Crippen molar-refractivity contribution in [1.82, 2.24) is 10.2 Å². The summed E-state index contributed by atoms with van der Waals surface area (Å²) in [5.74, 6) is -1.14. The molecule has 0 bridgehead atoms. The topological polar surface area (TPSA) is 86.8 Å². The minimum absolute atomic E-state index is 0.00139. The number of carbonyl (C=O) groups is 2. The van der Waals surface area contributed by atoms with E-state index in [1.807, 2.05) is 26.8 Å². The molecule has 0 aliphatic rings. The summed E-state index contributed by atoms with van der Waals surface area (Å²) in [6, 6.07) is 18.1. The Balaban J connectivity index is 2.03. The van der Waals surface area contributed by atoms with Crippen LogP contribution >= 0.6 is 0 Å². The SMILES string of the molecule is Cc1ccc(C)c(N(CC(=O)N(Cc2ccc(F)cc2)[C@@H](C)C(=O)NCC(C)C)S(=O)(=O)c2ccccc2)c1. The van der Waals surface area contributed by atoms with Crippen LogP contribution in [0.4, 0.5) is 10.1 Å². The van der Waals surface area contributed by atoms with E-state index in [0.29, 0.717) is 23.4 Å². The number of halogens is 1. The minimum atomic E-state index is -4.13. The van der Waals surface area contributed by atoms with E-state index in [4.69, 9.17) is 0 Å². The number of sulfonamides is 1. The van der Waals surface area contributed by atoms with Crippen LogP contribution in [0.1, 0.15) is 37.5 Å². The molecule has 0 unspecified atom stereocenters. The van der Waals surface area contributed by atoms with E-state index in [9.17, 15) is 22.4 Å². The zero-order valence-corrected chi connectivity index (χ0v) is 23.8.